The molecule has 3 aromatic rings. The van der Waals surface area contributed by atoms with Gasteiger partial charge in [0.05, 0.1) is 0 Å². The second-order valence-corrected chi connectivity index (χ2v) is 7.74. The highest BCUT2D eigenvalue weighted by atomic mass is 32.1. The van der Waals surface area contributed by atoms with E-state index in [0.29, 0.717) is 5.95 Å². The van der Waals surface area contributed by atoms with Crippen LogP contribution in [-0.4, -0.2) is 41.1 Å². The molecule has 0 spiro atoms. The Morgan fingerprint density at radius 1 is 1.04 bits per heavy atom. The second kappa shape index (κ2) is 5.64. The zero-order valence-corrected chi connectivity index (χ0v) is 14.7. The fraction of sp³-hybridized carbons (Fsp3) is 0.389. The molecular formula is C18H20N6S. The van der Waals surface area contributed by atoms with Crippen molar-refractivity contribution < 1.29 is 0 Å². The summed E-state index contributed by atoms with van der Waals surface area (Å²) in [6.07, 6.45) is 2.28. The van der Waals surface area contributed by atoms with Crippen LogP contribution in [0.2, 0.25) is 0 Å². The van der Waals surface area contributed by atoms with Crippen LogP contribution in [0, 0.1) is 0 Å². The Morgan fingerprint density at radius 2 is 1.80 bits per heavy atom. The summed E-state index contributed by atoms with van der Waals surface area (Å²) in [5.74, 6) is 1.22. The zero-order valence-electron chi connectivity index (χ0n) is 13.9. The van der Waals surface area contributed by atoms with Crippen molar-refractivity contribution >= 4 is 33.5 Å². The fourth-order valence-corrected chi connectivity index (χ4v) is 4.84. The quantitative estimate of drug-likeness (QED) is 0.752. The van der Waals surface area contributed by atoms with E-state index in [1.54, 1.807) is 11.3 Å². The van der Waals surface area contributed by atoms with E-state index in [1.165, 1.54) is 5.56 Å². The van der Waals surface area contributed by atoms with Gasteiger partial charge in [0.2, 0.25) is 5.95 Å². The molecule has 3 N–H and O–H groups in total. The third kappa shape index (κ3) is 2.46. The van der Waals surface area contributed by atoms with Crippen LogP contribution in [-0.2, 0) is 5.41 Å². The topological polar surface area (TPSA) is 80.0 Å². The zero-order chi connectivity index (χ0) is 16.9. The Hall–Kier alpha value is -2.25. The Balaban J connectivity index is 1.62. The van der Waals surface area contributed by atoms with E-state index in [-0.39, 0.29) is 5.41 Å². The fourth-order valence-electron chi connectivity index (χ4n) is 3.63. The van der Waals surface area contributed by atoms with Crippen LogP contribution in [0.5, 0.6) is 0 Å². The first-order valence-electron chi connectivity index (χ1n) is 8.72. The van der Waals surface area contributed by atoms with Gasteiger partial charge in [-0.2, -0.15) is 4.98 Å². The summed E-state index contributed by atoms with van der Waals surface area (Å²) in [5.41, 5.74) is 8.30. The maximum atomic E-state index is 5.99. The van der Waals surface area contributed by atoms with Crippen LogP contribution in [0.3, 0.4) is 0 Å². The molecule has 1 aliphatic heterocycles. The van der Waals surface area contributed by atoms with Gasteiger partial charge in [-0.25, -0.2) is 9.97 Å². The van der Waals surface area contributed by atoms with E-state index < -0.39 is 0 Å². The van der Waals surface area contributed by atoms with Gasteiger partial charge in [0.15, 0.2) is 10.6 Å². The highest BCUT2D eigenvalue weighted by Gasteiger charge is 2.48. The van der Waals surface area contributed by atoms with Crippen LogP contribution in [0.15, 0.2) is 30.3 Å². The number of hydrogen-bond acceptors (Lipinski definition) is 7. The molecular weight excluding hydrogens is 332 g/mol. The Morgan fingerprint density at radius 3 is 2.52 bits per heavy atom. The van der Waals surface area contributed by atoms with Gasteiger partial charge in [-0.15, -0.1) is 0 Å². The van der Waals surface area contributed by atoms with Crippen LogP contribution < -0.4 is 16.0 Å². The van der Waals surface area contributed by atoms with Crippen molar-refractivity contribution in [3.05, 3.63) is 40.9 Å². The van der Waals surface area contributed by atoms with Gasteiger partial charge in [-0.05, 0) is 18.4 Å². The monoisotopic (exact) mass is 352 g/mol. The molecule has 1 aromatic carbocycles. The number of aromatic nitrogens is 3. The number of hydrogen-bond donors (Lipinski definition) is 2. The van der Waals surface area contributed by atoms with Crippen LogP contribution >= 0.6 is 11.3 Å². The molecule has 7 heteroatoms. The summed E-state index contributed by atoms with van der Waals surface area (Å²) in [6.45, 7) is 3.75. The molecule has 0 radical (unpaired) electrons. The Kier molecular flexibility index (Phi) is 3.39. The van der Waals surface area contributed by atoms with Gasteiger partial charge in [-0.3, -0.25) is 0 Å². The first-order chi connectivity index (χ1) is 12.3. The van der Waals surface area contributed by atoms with Crippen LogP contribution in [0.25, 0.3) is 10.3 Å². The third-order valence-electron chi connectivity index (χ3n) is 5.16. The number of nitrogens with zero attached hydrogens (tertiary/aromatic N) is 4. The summed E-state index contributed by atoms with van der Waals surface area (Å²) < 4.78 is 0. The van der Waals surface area contributed by atoms with E-state index in [0.717, 1.165) is 60.2 Å². The first kappa shape index (κ1) is 15.0. The molecule has 0 unspecified atom stereocenters. The number of anilines is 2. The molecule has 1 aliphatic carbocycles. The number of fused-ring (bicyclic) bond motifs is 1. The standard InChI is InChI=1S/C18H20N6S/c19-17-22-14(24-10-8-20-9-11-24)13-15(23-17)25-16(21-13)18(6-7-18)12-4-2-1-3-5-12/h1-5,20H,6-11H2,(H2,19,22,23). The lowest BCUT2D eigenvalue weighted by molar-refractivity contribution is 0.586. The third-order valence-corrected chi connectivity index (χ3v) is 6.31. The van der Waals surface area contributed by atoms with Crippen molar-refractivity contribution in [3.63, 3.8) is 0 Å². The lowest BCUT2D eigenvalue weighted by Gasteiger charge is -2.28. The summed E-state index contributed by atoms with van der Waals surface area (Å²) in [5, 5.41) is 4.52. The minimum atomic E-state index is 0.0577. The summed E-state index contributed by atoms with van der Waals surface area (Å²) in [7, 11) is 0. The highest BCUT2D eigenvalue weighted by molar-refractivity contribution is 7.18. The number of rotatable bonds is 3. The van der Waals surface area contributed by atoms with Gasteiger partial charge in [0.25, 0.3) is 0 Å². The molecule has 0 bridgehead atoms. The van der Waals surface area contributed by atoms with Crippen molar-refractivity contribution in [2.75, 3.05) is 36.8 Å². The van der Waals surface area contributed by atoms with Gasteiger partial charge >= 0.3 is 0 Å². The molecule has 2 aromatic heterocycles. The van der Waals surface area contributed by atoms with Crippen molar-refractivity contribution in [1.82, 2.24) is 20.3 Å². The highest BCUT2D eigenvalue weighted by Crippen LogP contribution is 2.55. The van der Waals surface area contributed by atoms with Gasteiger partial charge in [-0.1, -0.05) is 41.7 Å². The molecule has 25 heavy (non-hydrogen) atoms. The molecule has 2 aliphatic rings. The maximum absolute atomic E-state index is 5.99. The number of nitrogens with two attached hydrogens (primary N) is 1. The summed E-state index contributed by atoms with van der Waals surface area (Å²) >= 11 is 1.67. The van der Waals surface area contributed by atoms with Crippen LogP contribution in [0.1, 0.15) is 23.4 Å². The van der Waals surface area contributed by atoms with Gasteiger partial charge in [0, 0.05) is 31.6 Å². The molecule has 5 rings (SSSR count). The molecule has 1 saturated heterocycles. The van der Waals surface area contributed by atoms with Crippen molar-refractivity contribution in [2.45, 2.75) is 18.3 Å². The lowest BCUT2D eigenvalue weighted by atomic mass is 9.97. The molecule has 0 atom stereocenters. The minimum absolute atomic E-state index is 0.0577. The largest absolute Gasteiger partial charge is 0.368 e. The number of nitrogens with one attached hydrogen (secondary N) is 1. The Labute approximate surface area is 150 Å². The van der Waals surface area contributed by atoms with Gasteiger partial charge in [0.1, 0.15) is 10.5 Å². The lowest BCUT2D eigenvalue weighted by Crippen LogP contribution is -2.44. The Bertz CT molecular complexity index is 912. The predicted octanol–water partition coefficient (Wildman–Crippen LogP) is 2.16. The summed E-state index contributed by atoms with van der Waals surface area (Å²) in [4.78, 5) is 17.2. The normalized spacial score (nSPS) is 19.3. The van der Waals surface area contributed by atoms with E-state index >= 15 is 0 Å². The molecule has 2 fully saturated rings. The minimum Gasteiger partial charge on any atom is -0.368 e. The average molecular weight is 352 g/mol. The number of piperazine rings is 1. The van der Waals surface area contributed by atoms with E-state index in [9.17, 15) is 0 Å². The molecule has 1 saturated carbocycles. The van der Waals surface area contributed by atoms with E-state index in [1.807, 2.05) is 0 Å². The molecule has 0 amide bonds. The van der Waals surface area contributed by atoms with Crippen LogP contribution in [0.4, 0.5) is 11.8 Å². The molecule has 128 valence electrons. The number of nitrogen functional groups attached to an aromatic ring is 1. The van der Waals surface area contributed by atoms with Gasteiger partial charge < -0.3 is 16.0 Å². The smallest absolute Gasteiger partial charge is 0.223 e. The average Bonchev–Trinajstić information content (AvgIpc) is 3.36. The maximum Gasteiger partial charge on any atom is 0.223 e. The second-order valence-electron chi connectivity index (χ2n) is 6.76. The van der Waals surface area contributed by atoms with E-state index in [2.05, 4.69) is 50.5 Å². The SMILES string of the molecule is Nc1nc(N2CCNCC2)c2nc(C3(c4ccccc4)CC3)sc2n1. The van der Waals surface area contributed by atoms with Crippen molar-refractivity contribution in [2.24, 2.45) is 0 Å². The summed E-state index contributed by atoms with van der Waals surface area (Å²) in [6, 6.07) is 10.7. The molecule has 3 heterocycles. The van der Waals surface area contributed by atoms with Crippen molar-refractivity contribution in [3.8, 4) is 0 Å². The number of benzene rings is 1. The number of thiazole rings is 1. The van der Waals surface area contributed by atoms with E-state index in [4.69, 9.17) is 10.7 Å². The first-order valence-corrected chi connectivity index (χ1v) is 9.54. The van der Waals surface area contributed by atoms with Crippen molar-refractivity contribution in [1.29, 1.82) is 0 Å². The molecule has 6 nitrogen and oxygen atoms in total. The predicted molar refractivity (Wildman–Crippen MR) is 101 cm³/mol.